The summed E-state index contributed by atoms with van der Waals surface area (Å²) in [6, 6.07) is 6.36. The standard InChI is InChI=1S/C16H19NO3/c1-2-3-8-14-9-5-10-17(14)15(18)12-6-4-7-13(11-12)16(19)20/h4-7,9,11,14H,2-3,8,10H2,1H3,(H,19,20)/t14-/m0/s1. The number of unbranched alkanes of at least 4 members (excludes halogenated alkanes) is 1. The van der Waals surface area contributed by atoms with Gasteiger partial charge >= 0.3 is 5.97 Å². The maximum atomic E-state index is 12.5. The lowest BCUT2D eigenvalue weighted by atomic mass is 10.1. The number of carboxylic acid groups (broad SMARTS) is 1. The van der Waals surface area contributed by atoms with Crippen LogP contribution >= 0.6 is 0 Å². The fraction of sp³-hybridized carbons (Fsp3) is 0.375. The predicted molar refractivity (Wildman–Crippen MR) is 76.9 cm³/mol. The molecule has 1 aliphatic heterocycles. The molecule has 106 valence electrons. The van der Waals surface area contributed by atoms with E-state index >= 15 is 0 Å². The molecule has 1 atom stereocenters. The van der Waals surface area contributed by atoms with E-state index in [1.807, 2.05) is 6.08 Å². The van der Waals surface area contributed by atoms with Crippen LogP contribution in [0.2, 0.25) is 0 Å². The van der Waals surface area contributed by atoms with Crippen molar-refractivity contribution in [1.82, 2.24) is 4.90 Å². The van der Waals surface area contributed by atoms with Gasteiger partial charge in [-0.05, 0) is 24.6 Å². The van der Waals surface area contributed by atoms with E-state index in [2.05, 4.69) is 13.0 Å². The molecular weight excluding hydrogens is 254 g/mol. The molecule has 0 fully saturated rings. The van der Waals surface area contributed by atoms with Gasteiger partial charge in [0.1, 0.15) is 0 Å². The van der Waals surface area contributed by atoms with Crippen molar-refractivity contribution < 1.29 is 14.7 Å². The van der Waals surface area contributed by atoms with Crippen LogP contribution in [-0.4, -0.2) is 34.5 Å². The molecule has 1 aliphatic rings. The van der Waals surface area contributed by atoms with E-state index in [0.29, 0.717) is 12.1 Å². The van der Waals surface area contributed by atoms with E-state index in [1.165, 1.54) is 12.1 Å². The third kappa shape index (κ3) is 3.07. The molecule has 0 spiro atoms. The van der Waals surface area contributed by atoms with Crippen LogP contribution in [0, 0.1) is 0 Å². The first-order valence-electron chi connectivity index (χ1n) is 6.94. The fourth-order valence-electron chi connectivity index (χ4n) is 2.42. The fourth-order valence-corrected chi connectivity index (χ4v) is 2.42. The average Bonchev–Trinajstić information content (AvgIpc) is 2.92. The number of aromatic carboxylic acids is 1. The van der Waals surface area contributed by atoms with Crippen LogP contribution in [0.15, 0.2) is 36.4 Å². The summed E-state index contributed by atoms with van der Waals surface area (Å²) >= 11 is 0. The van der Waals surface area contributed by atoms with Gasteiger partial charge in [0, 0.05) is 12.1 Å². The first-order valence-corrected chi connectivity index (χ1v) is 6.94. The highest BCUT2D eigenvalue weighted by Crippen LogP contribution is 2.19. The van der Waals surface area contributed by atoms with Crippen molar-refractivity contribution >= 4 is 11.9 Å². The topological polar surface area (TPSA) is 57.6 Å². The molecule has 0 aromatic heterocycles. The molecule has 1 aromatic carbocycles. The Morgan fingerprint density at radius 1 is 1.35 bits per heavy atom. The third-order valence-electron chi connectivity index (χ3n) is 3.53. The van der Waals surface area contributed by atoms with Gasteiger partial charge in [-0.25, -0.2) is 4.79 Å². The van der Waals surface area contributed by atoms with Gasteiger partial charge in [0.2, 0.25) is 0 Å². The number of benzene rings is 1. The summed E-state index contributed by atoms with van der Waals surface area (Å²) in [6.45, 7) is 2.73. The van der Waals surface area contributed by atoms with Crippen LogP contribution in [0.3, 0.4) is 0 Å². The molecule has 0 aliphatic carbocycles. The van der Waals surface area contributed by atoms with Crippen molar-refractivity contribution in [2.24, 2.45) is 0 Å². The van der Waals surface area contributed by atoms with Crippen molar-refractivity contribution in [3.63, 3.8) is 0 Å². The van der Waals surface area contributed by atoms with Crippen LogP contribution < -0.4 is 0 Å². The van der Waals surface area contributed by atoms with E-state index in [4.69, 9.17) is 5.11 Å². The van der Waals surface area contributed by atoms with Crippen molar-refractivity contribution in [2.45, 2.75) is 32.2 Å². The Balaban J connectivity index is 2.14. The smallest absolute Gasteiger partial charge is 0.335 e. The second-order valence-corrected chi connectivity index (χ2v) is 4.98. The van der Waals surface area contributed by atoms with Crippen LogP contribution in [0.25, 0.3) is 0 Å². The molecule has 1 amide bonds. The van der Waals surface area contributed by atoms with Crippen molar-refractivity contribution in [3.05, 3.63) is 47.5 Å². The van der Waals surface area contributed by atoms with E-state index in [1.54, 1.807) is 17.0 Å². The molecule has 0 unspecified atom stereocenters. The minimum Gasteiger partial charge on any atom is -0.478 e. The maximum absolute atomic E-state index is 12.5. The summed E-state index contributed by atoms with van der Waals surface area (Å²) < 4.78 is 0. The summed E-state index contributed by atoms with van der Waals surface area (Å²) in [4.78, 5) is 25.3. The highest BCUT2D eigenvalue weighted by Gasteiger charge is 2.25. The zero-order chi connectivity index (χ0) is 14.5. The van der Waals surface area contributed by atoms with Gasteiger partial charge in [-0.1, -0.05) is 38.0 Å². The highest BCUT2D eigenvalue weighted by atomic mass is 16.4. The Morgan fingerprint density at radius 2 is 2.10 bits per heavy atom. The van der Waals surface area contributed by atoms with Gasteiger partial charge in [-0.3, -0.25) is 4.79 Å². The van der Waals surface area contributed by atoms with Gasteiger partial charge in [0.25, 0.3) is 5.91 Å². The summed E-state index contributed by atoms with van der Waals surface area (Å²) in [5.41, 5.74) is 0.586. The quantitative estimate of drug-likeness (QED) is 0.839. The van der Waals surface area contributed by atoms with Gasteiger partial charge < -0.3 is 10.0 Å². The summed E-state index contributed by atoms with van der Waals surface area (Å²) in [5, 5.41) is 8.99. The molecular formula is C16H19NO3. The van der Waals surface area contributed by atoms with E-state index in [0.717, 1.165) is 19.3 Å². The minimum absolute atomic E-state index is 0.0980. The molecule has 2 rings (SSSR count). The highest BCUT2D eigenvalue weighted by molar-refractivity contribution is 5.98. The number of hydrogen-bond donors (Lipinski definition) is 1. The molecule has 1 heterocycles. The van der Waals surface area contributed by atoms with Crippen molar-refractivity contribution in [1.29, 1.82) is 0 Å². The Hall–Kier alpha value is -2.10. The number of rotatable bonds is 5. The maximum Gasteiger partial charge on any atom is 0.335 e. The minimum atomic E-state index is -1.01. The Kier molecular flexibility index (Phi) is 4.56. The first-order chi connectivity index (χ1) is 9.63. The normalized spacial score (nSPS) is 17.4. The molecule has 0 radical (unpaired) electrons. The molecule has 20 heavy (non-hydrogen) atoms. The second kappa shape index (κ2) is 6.37. The van der Waals surface area contributed by atoms with Crippen LogP contribution in [0.1, 0.15) is 46.9 Å². The summed E-state index contributed by atoms with van der Waals surface area (Å²) in [5.74, 6) is -1.11. The Bertz CT molecular complexity index is 536. The number of carbonyl (C=O) groups excluding carboxylic acids is 1. The summed E-state index contributed by atoms with van der Waals surface area (Å²) in [7, 11) is 0. The van der Waals surface area contributed by atoms with Crippen LogP contribution in [0.4, 0.5) is 0 Å². The number of amides is 1. The van der Waals surface area contributed by atoms with Gasteiger partial charge in [0.15, 0.2) is 0 Å². The third-order valence-corrected chi connectivity index (χ3v) is 3.53. The van der Waals surface area contributed by atoms with Crippen molar-refractivity contribution in [2.75, 3.05) is 6.54 Å². The largest absolute Gasteiger partial charge is 0.478 e. The predicted octanol–water partition coefficient (Wildman–Crippen LogP) is 2.96. The van der Waals surface area contributed by atoms with Crippen molar-refractivity contribution in [3.8, 4) is 0 Å². The zero-order valence-corrected chi connectivity index (χ0v) is 11.6. The average molecular weight is 273 g/mol. The number of nitrogens with zero attached hydrogens (tertiary/aromatic N) is 1. The van der Waals surface area contributed by atoms with Crippen LogP contribution in [-0.2, 0) is 0 Å². The molecule has 1 aromatic rings. The molecule has 4 heteroatoms. The Morgan fingerprint density at radius 3 is 2.80 bits per heavy atom. The molecule has 1 N–H and O–H groups in total. The number of hydrogen-bond acceptors (Lipinski definition) is 2. The molecule has 4 nitrogen and oxygen atoms in total. The SMILES string of the molecule is CCCC[C@H]1C=CCN1C(=O)c1cccc(C(=O)O)c1. The van der Waals surface area contributed by atoms with E-state index < -0.39 is 5.97 Å². The zero-order valence-electron chi connectivity index (χ0n) is 11.6. The van der Waals surface area contributed by atoms with Gasteiger partial charge in [-0.15, -0.1) is 0 Å². The van der Waals surface area contributed by atoms with E-state index in [9.17, 15) is 9.59 Å². The lowest BCUT2D eigenvalue weighted by Gasteiger charge is -2.24. The Labute approximate surface area is 118 Å². The van der Waals surface area contributed by atoms with Gasteiger partial charge in [-0.2, -0.15) is 0 Å². The molecule has 0 saturated heterocycles. The number of carboxylic acids is 1. The second-order valence-electron chi connectivity index (χ2n) is 4.98. The molecule has 0 bridgehead atoms. The van der Waals surface area contributed by atoms with Gasteiger partial charge in [0.05, 0.1) is 11.6 Å². The lowest BCUT2D eigenvalue weighted by Crippen LogP contribution is -2.36. The lowest BCUT2D eigenvalue weighted by molar-refractivity contribution is 0.0697. The first kappa shape index (κ1) is 14.3. The number of carbonyl (C=O) groups is 2. The molecule has 0 saturated carbocycles. The summed E-state index contributed by atoms with van der Waals surface area (Å²) in [6.07, 6.45) is 7.19. The van der Waals surface area contributed by atoms with Crippen LogP contribution in [0.5, 0.6) is 0 Å². The monoisotopic (exact) mass is 273 g/mol. The van der Waals surface area contributed by atoms with E-state index in [-0.39, 0.29) is 17.5 Å².